The molecule has 4 rings (SSSR count). The minimum absolute atomic E-state index is 0.0994. The molecule has 0 aromatic carbocycles. The van der Waals surface area contributed by atoms with Crippen molar-refractivity contribution in [3.05, 3.63) is 11.6 Å². The number of aliphatic hydroxyl groups excluding tert-OH is 2. The third-order valence-corrected chi connectivity index (χ3v) is 12.1. The Kier molecular flexibility index (Phi) is 9.87. The molecule has 3 saturated carbocycles. The van der Waals surface area contributed by atoms with E-state index >= 15 is 0 Å². The highest BCUT2D eigenvalue weighted by molar-refractivity contribution is 7.94. The second-order valence-electron chi connectivity index (χ2n) is 13.2. The molecule has 3 fully saturated rings. The maximum atomic E-state index is 10.3. The van der Waals surface area contributed by atoms with E-state index in [-0.39, 0.29) is 12.2 Å². The van der Waals surface area contributed by atoms with Crippen LogP contribution >= 0.6 is 0 Å². The first-order chi connectivity index (χ1) is 17.4. The lowest BCUT2D eigenvalue weighted by Gasteiger charge is -2.58. The molecule has 0 heterocycles. The highest BCUT2D eigenvalue weighted by Gasteiger charge is 2.59. The van der Waals surface area contributed by atoms with Crippen LogP contribution in [0.4, 0.5) is 0 Å². The summed E-state index contributed by atoms with van der Waals surface area (Å²) in [7, 11) is -10.2. The summed E-state index contributed by atoms with van der Waals surface area (Å²) in [6, 6.07) is 0. The average molecular weight is 581 g/mol. The van der Waals surface area contributed by atoms with Crippen LogP contribution in [-0.4, -0.2) is 48.4 Å². The molecule has 9 nitrogen and oxygen atoms in total. The van der Waals surface area contributed by atoms with Crippen molar-refractivity contribution in [1.82, 2.24) is 0 Å². The Morgan fingerprint density at radius 3 is 2.13 bits per heavy atom. The molecule has 1 unspecified atom stereocenters. The number of rotatable bonds is 7. The molecule has 0 saturated heterocycles. The molecule has 4 aliphatic carbocycles. The third kappa shape index (κ3) is 7.19. The van der Waals surface area contributed by atoms with Crippen LogP contribution in [0.15, 0.2) is 11.6 Å². The van der Waals surface area contributed by atoms with Gasteiger partial charge in [-0.3, -0.25) is 9.11 Å². The smallest absolute Gasteiger partial charge is 0.393 e. The molecule has 9 atom stereocenters. The zero-order chi connectivity index (χ0) is 28.7. The molecule has 222 valence electrons. The maximum absolute atomic E-state index is 10.3. The fourth-order valence-electron chi connectivity index (χ4n) is 8.69. The summed E-state index contributed by atoms with van der Waals surface area (Å²) in [5.74, 6) is 4.51. The summed E-state index contributed by atoms with van der Waals surface area (Å²) >= 11 is 0. The summed E-state index contributed by atoms with van der Waals surface area (Å²) in [5.41, 5.74) is 2.44. The van der Waals surface area contributed by atoms with Crippen LogP contribution in [0.25, 0.3) is 0 Å². The van der Waals surface area contributed by atoms with Gasteiger partial charge in [0.15, 0.2) is 0 Å². The van der Waals surface area contributed by atoms with E-state index in [2.05, 4.69) is 44.3 Å². The largest absolute Gasteiger partial charge is 0.413 e. The molecule has 4 aliphatic rings. The van der Waals surface area contributed by atoms with Gasteiger partial charge in [-0.2, -0.15) is 16.8 Å². The first-order valence-electron chi connectivity index (χ1n) is 14.1. The van der Waals surface area contributed by atoms with Gasteiger partial charge < -0.3 is 10.2 Å². The Bertz CT molecular complexity index is 1040. The topological polar surface area (TPSA) is 158 Å². The van der Waals surface area contributed by atoms with Crippen molar-refractivity contribution in [2.24, 2.45) is 46.3 Å². The SMILES string of the molecule is CC(C)C(O)CC[C@@H](C)[C@H]1CC[C@H]2[C@@H]3CC=C4C[C@@H](O)CC[C@]4(C)[C@H]3CC[C@]12C.O=S(=O)(O)OS(=O)(=O)O. The number of hydrogen-bond acceptors (Lipinski definition) is 7. The normalized spacial score (nSPS) is 38.7. The molecule has 0 aromatic heterocycles. The lowest BCUT2D eigenvalue weighted by Crippen LogP contribution is -2.50. The second-order valence-corrected chi connectivity index (χ2v) is 15.4. The van der Waals surface area contributed by atoms with Gasteiger partial charge in [-0.1, -0.05) is 46.3 Å². The van der Waals surface area contributed by atoms with Gasteiger partial charge in [0.25, 0.3) is 0 Å². The van der Waals surface area contributed by atoms with Gasteiger partial charge in [0.1, 0.15) is 0 Å². The number of hydrogen-bond donors (Lipinski definition) is 4. The minimum Gasteiger partial charge on any atom is -0.393 e. The highest BCUT2D eigenvalue weighted by atomic mass is 32.3. The van der Waals surface area contributed by atoms with Gasteiger partial charge in [0, 0.05) is 0 Å². The number of aliphatic hydroxyl groups is 2. The molecule has 0 amide bonds. The summed E-state index contributed by atoms with van der Waals surface area (Å²) in [6.07, 6.45) is 14.4. The first kappa shape index (κ1) is 32.0. The summed E-state index contributed by atoms with van der Waals surface area (Å²) < 4.78 is 55.6. The van der Waals surface area contributed by atoms with E-state index in [1.807, 2.05) is 0 Å². The van der Waals surface area contributed by atoms with Gasteiger partial charge in [-0.15, -0.1) is 3.63 Å². The molecule has 0 aliphatic heterocycles. The van der Waals surface area contributed by atoms with Crippen molar-refractivity contribution < 1.29 is 39.8 Å². The van der Waals surface area contributed by atoms with Crippen LogP contribution in [0.1, 0.15) is 98.8 Å². The third-order valence-electron chi connectivity index (χ3n) is 10.7. The molecule has 0 bridgehead atoms. The van der Waals surface area contributed by atoms with E-state index in [1.165, 1.54) is 44.9 Å². The second kappa shape index (κ2) is 11.7. The molecular weight excluding hydrogens is 532 g/mol. The van der Waals surface area contributed by atoms with Crippen LogP contribution in [0, 0.1) is 46.3 Å². The molecule has 0 radical (unpaired) electrons. The zero-order valence-electron chi connectivity index (χ0n) is 23.4. The van der Waals surface area contributed by atoms with Gasteiger partial charge in [0.2, 0.25) is 0 Å². The van der Waals surface area contributed by atoms with Crippen molar-refractivity contribution in [3.63, 3.8) is 0 Å². The molecule has 0 aromatic rings. The fraction of sp³-hybridized carbons (Fsp3) is 0.926. The summed E-state index contributed by atoms with van der Waals surface area (Å²) in [4.78, 5) is 0. The van der Waals surface area contributed by atoms with E-state index in [0.29, 0.717) is 16.7 Å². The van der Waals surface area contributed by atoms with Crippen LogP contribution < -0.4 is 0 Å². The van der Waals surface area contributed by atoms with E-state index in [4.69, 9.17) is 9.11 Å². The molecule has 38 heavy (non-hydrogen) atoms. The average Bonchev–Trinajstić information content (AvgIpc) is 3.13. The Labute approximate surface area is 229 Å². The van der Waals surface area contributed by atoms with E-state index in [1.54, 1.807) is 5.57 Å². The molecule has 11 heteroatoms. The Morgan fingerprint density at radius 1 is 0.947 bits per heavy atom. The predicted octanol–water partition coefficient (Wildman–Crippen LogP) is 4.97. The highest BCUT2D eigenvalue weighted by Crippen LogP contribution is 2.67. The van der Waals surface area contributed by atoms with Crippen molar-refractivity contribution in [3.8, 4) is 0 Å². The van der Waals surface area contributed by atoms with E-state index in [0.717, 1.165) is 48.9 Å². The first-order valence-corrected chi connectivity index (χ1v) is 16.8. The van der Waals surface area contributed by atoms with Crippen molar-refractivity contribution in [2.45, 2.75) is 111 Å². The van der Waals surface area contributed by atoms with Crippen molar-refractivity contribution in [1.29, 1.82) is 0 Å². The van der Waals surface area contributed by atoms with Gasteiger partial charge in [-0.05, 0) is 111 Å². The van der Waals surface area contributed by atoms with E-state index < -0.39 is 20.8 Å². The molecular formula is C27H48O9S2. The number of allylic oxidation sites excluding steroid dienone is 1. The Hall–Kier alpha value is -0.560. The summed E-state index contributed by atoms with van der Waals surface area (Å²) in [6.45, 7) is 11.9. The van der Waals surface area contributed by atoms with Crippen LogP contribution in [0.3, 0.4) is 0 Å². The van der Waals surface area contributed by atoms with Crippen LogP contribution in [0.2, 0.25) is 0 Å². The minimum atomic E-state index is -5.12. The predicted molar refractivity (Wildman–Crippen MR) is 145 cm³/mol. The van der Waals surface area contributed by atoms with Crippen LogP contribution in [-0.2, 0) is 24.4 Å². The maximum Gasteiger partial charge on any atom is 0.413 e. The molecule has 0 spiro atoms. The Morgan fingerprint density at radius 2 is 1.58 bits per heavy atom. The van der Waals surface area contributed by atoms with Gasteiger partial charge in [0.05, 0.1) is 12.2 Å². The molecule has 4 N–H and O–H groups in total. The Balaban J connectivity index is 0.000000383. The van der Waals surface area contributed by atoms with Crippen molar-refractivity contribution in [2.75, 3.05) is 0 Å². The lowest BCUT2D eigenvalue weighted by molar-refractivity contribution is -0.0579. The van der Waals surface area contributed by atoms with E-state index in [9.17, 15) is 27.0 Å². The van der Waals surface area contributed by atoms with Crippen LogP contribution in [0.5, 0.6) is 0 Å². The lowest BCUT2D eigenvalue weighted by atomic mass is 9.47. The quantitative estimate of drug-likeness (QED) is 0.241. The monoisotopic (exact) mass is 580 g/mol. The summed E-state index contributed by atoms with van der Waals surface area (Å²) in [5, 5.41) is 20.5. The van der Waals surface area contributed by atoms with Gasteiger partial charge in [-0.25, -0.2) is 0 Å². The zero-order valence-corrected chi connectivity index (χ0v) is 25.0. The van der Waals surface area contributed by atoms with Crippen molar-refractivity contribution >= 4 is 20.8 Å². The van der Waals surface area contributed by atoms with Gasteiger partial charge >= 0.3 is 20.8 Å². The fourth-order valence-corrected chi connectivity index (χ4v) is 9.56. The number of fused-ring (bicyclic) bond motifs is 5. The standard InChI is InChI=1S/C27H46O2.H2O7S2/c1-17(2)25(29)11-6-18(3)22-9-10-23-21-8-7-19-16-20(28)12-14-26(19,4)24(21)13-15-27(22,23)5;1-8(2,3)7-9(4,5)6/h7,17-18,20-25,28-29H,6,8-16H2,1-5H3;(H,1,2,3)(H,4,5,6)/t18-,20+,21+,22-,23+,24+,25?,26+,27-;/m1./s1.